The first-order valence-corrected chi connectivity index (χ1v) is 6.72. The normalized spacial score (nSPS) is 26.2. The van der Waals surface area contributed by atoms with E-state index in [9.17, 15) is 19.5 Å². The molecule has 0 saturated heterocycles. The van der Waals surface area contributed by atoms with Gasteiger partial charge in [0.25, 0.3) is 11.5 Å². The first-order valence-electron chi connectivity index (χ1n) is 6.72. The maximum atomic E-state index is 11.9. The van der Waals surface area contributed by atoms with Crippen LogP contribution in [0.1, 0.15) is 43.1 Å². The Bertz CT molecular complexity index is 568. The molecule has 1 fully saturated rings. The molecule has 7 heteroatoms. The molecule has 1 aromatic rings. The van der Waals surface area contributed by atoms with Crippen LogP contribution in [-0.4, -0.2) is 33.1 Å². The maximum Gasteiger partial charge on any atom is 0.326 e. The maximum absolute atomic E-state index is 11.9. The van der Waals surface area contributed by atoms with Crippen LogP contribution in [0.15, 0.2) is 15.7 Å². The minimum Gasteiger partial charge on any atom is -0.388 e. The number of aliphatic hydroxyl groups is 1. The van der Waals surface area contributed by atoms with Crippen molar-refractivity contribution < 1.29 is 9.90 Å². The van der Waals surface area contributed by atoms with Crippen molar-refractivity contribution in [2.24, 2.45) is 5.92 Å². The number of aromatic amines is 2. The Morgan fingerprint density at radius 1 is 1.40 bits per heavy atom. The van der Waals surface area contributed by atoms with Gasteiger partial charge >= 0.3 is 5.69 Å². The van der Waals surface area contributed by atoms with E-state index >= 15 is 0 Å². The van der Waals surface area contributed by atoms with Gasteiger partial charge in [-0.1, -0.05) is 6.92 Å². The highest BCUT2D eigenvalue weighted by Crippen LogP contribution is 2.31. The fraction of sp³-hybridized carbons (Fsp3) is 0.615. The summed E-state index contributed by atoms with van der Waals surface area (Å²) in [4.78, 5) is 38.3. The van der Waals surface area contributed by atoms with E-state index in [-0.39, 0.29) is 12.2 Å². The number of rotatable bonds is 3. The van der Waals surface area contributed by atoms with Gasteiger partial charge in [-0.3, -0.25) is 14.6 Å². The lowest BCUT2D eigenvalue weighted by molar-refractivity contribution is -0.00543. The van der Waals surface area contributed by atoms with Crippen molar-refractivity contribution in [3.8, 4) is 0 Å². The van der Waals surface area contributed by atoms with Gasteiger partial charge in [-0.2, -0.15) is 0 Å². The van der Waals surface area contributed by atoms with Crippen molar-refractivity contribution in [1.82, 2.24) is 15.3 Å². The summed E-state index contributed by atoms with van der Waals surface area (Å²) in [5.41, 5.74) is -2.37. The number of H-pyrrole nitrogens is 2. The molecular weight excluding hydrogens is 262 g/mol. The van der Waals surface area contributed by atoms with Crippen molar-refractivity contribution in [1.29, 1.82) is 0 Å². The first-order chi connectivity index (χ1) is 9.38. The molecule has 0 atom stereocenters. The molecule has 0 aromatic carbocycles. The molecule has 0 bridgehead atoms. The Morgan fingerprint density at radius 2 is 2.05 bits per heavy atom. The second-order valence-electron chi connectivity index (χ2n) is 5.59. The fourth-order valence-corrected chi connectivity index (χ4v) is 2.41. The summed E-state index contributed by atoms with van der Waals surface area (Å²) in [6, 6.07) is 1.02. The minimum atomic E-state index is -0.899. The molecule has 1 heterocycles. The molecule has 1 amide bonds. The molecule has 110 valence electrons. The Kier molecular flexibility index (Phi) is 4.08. The number of nitrogens with one attached hydrogen (secondary N) is 3. The molecule has 0 aliphatic heterocycles. The van der Waals surface area contributed by atoms with Crippen LogP contribution in [-0.2, 0) is 0 Å². The second-order valence-corrected chi connectivity index (χ2v) is 5.59. The van der Waals surface area contributed by atoms with Crippen molar-refractivity contribution >= 4 is 5.91 Å². The van der Waals surface area contributed by atoms with Crippen LogP contribution in [0.4, 0.5) is 0 Å². The topological polar surface area (TPSA) is 115 Å². The monoisotopic (exact) mass is 281 g/mol. The Morgan fingerprint density at radius 3 is 2.65 bits per heavy atom. The van der Waals surface area contributed by atoms with E-state index in [1.54, 1.807) is 0 Å². The van der Waals surface area contributed by atoms with Crippen molar-refractivity contribution in [2.45, 2.75) is 38.2 Å². The highest BCUT2D eigenvalue weighted by atomic mass is 16.3. The molecule has 7 nitrogen and oxygen atoms in total. The third-order valence-electron chi connectivity index (χ3n) is 3.79. The number of carbonyl (C=O) groups is 1. The highest BCUT2D eigenvalue weighted by molar-refractivity contribution is 5.92. The van der Waals surface area contributed by atoms with Gasteiger partial charge < -0.3 is 15.4 Å². The van der Waals surface area contributed by atoms with Crippen LogP contribution in [0, 0.1) is 5.92 Å². The molecular formula is C13H19N3O4. The average molecular weight is 281 g/mol. The summed E-state index contributed by atoms with van der Waals surface area (Å²) in [6.45, 7) is 2.26. The van der Waals surface area contributed by atoms with Crippen LogP contribution >= 0.6 is 0 Å². The molecule has 1 aliphatic carbocycles. The van der Waals surface area contributed by atoms with Crippen LogP contribution in [0.2, 0.25) is 0 Å². The van der Waals surface area contributed by atoms with Gasteiger partial charge in [0, 0.05) is 12.6 Å². The minimum absolute atomic E-state index is 0.105. The average Bonchev–Trinajstić information content (AvgIpc) is 2.39. The van der Waals surface area contributed by atoms with Crippen LogP contribution in [0.25, 0.3) is 0 Å². The van der Waals surface area contributed by atoms with Crippen LogP contribution in [0.3, 0.4) is 0 Å². The predicted molar refractivity (Wildman–Crippen MR) is 72.6 cm³/mol. The summed E-state index contributed by atoms with van der Waals surface area (Å²) in [7, 11) is 0. The lowest BCUT2D eigenvalue weighted by Gasteiger charge is -2.34. The summed E-state index contributed by atoms with van der Waals surface area (Å²) in [5, 5.41) is 12.9. The zero-order valence-corrected chi connectivity index (χ0v) is 11.4. The van der Waals surface area contributed by atoms with Crippen LogP contribution < -0.4 is 16.6 Å². The molecule has 20 heavy (non-hydrogen) atoms. The Hall–Kier alpha value is -1.89. The van der Waals surface area contributed by atoms with E-state index < -0.39 is 22.8 Å². The molecule has 4 N–H and O–H groups in total. The molecule has 1 saturated carbocycles. The quantitative estimate of drug-likeness (QED) is 0.610. The molecule has 1 aliphatic rings. The largest absolute Gasteiger partial charge is 0.388 e. The van der Waals surface area contributed by atoms with E-state index in [0.717, 1.165) is 18.9 Å². The highest BCUT2D eigenvalue weighted by Gasteiger charge is 2.32. The number of aromatic nitrogens is 2. The molecule has 2 rings (SSSR count). The third-order valence-corrected chi connectivity index (χ3v) is 3.79. The van der Waals surface area contributed by atoms with Gasteiger partial charge in [-0.15, -0.1) is 0 Å². The van der Waals surface area contributed by atoms with Gasteiger partial charge in [-0.25, -0.2) is 4.79 Å². The van der Waals surface area contributed by atoms with Gasteiger partial charge in [0.05, 0.1) is 5.60 Å². The van der Waals surface area contributed by atoms with Gasteiger partial charge in [0.15, 0.2) is 0 Å². The lowest BCUT2D eigenvalue weighted by atomic mass is 9.79. The van der Waals surface area contributed by atoms with Crippen LogP contribution in [0.5, 0.6) is 0 Å². The zero-order chi connectivity index (χ0) is 14.8. The number of hydrogen-bond donors (Lipinski definition) is 4. The first kappa shape index (κ1) is 14.5. The summed E-state index contributed by atoms with van der Waals surface area (Å²) in [6.07, 6.45) is 3.13. The molecule has 1 aromatic heterocycles. The van der Waals surface area contributed by atoms with Crippen molar-refractivity contribution in [3.05, 3.63) is 32.6 Å². The van der Waals surface area contributed by atoms with Crippen molar-refractivity contribution in [3.63, 3.8) is 0 Å². The van der Waals surface area contributed by atoms with E-state index in [2.05, 4.69) is 17.2 Å². The van der Waals surface area contributed by atoms with Crippen molar-refractivity contribution in [2.75, 3.05) is 6.54 Å². The predicted octanol–water partition coefficient (Wildman–Crippen LogP) is -0.266. The molecule has 0 spiro atoms. The van der Waals surface area contributed by atoms with Gasteiger partial charge in [-0.05, 0) is 31.6 Å². The lowest BCUT2D eigenvalue weighted by Crippen LogP contribution is -2.45. The fourth-order valence-electron chi connectivity index (χ4n) is 2.41. The SMILES string of the molecule is CC1CCC(O)(CNC(=O)c2cc(=O)[nH]c(=O)[nH]2)CC1. The zero-order valence-electron chi connectivity index (χ0n) is 11.4. The standard InChI is InChI=1S/C13H19N3O4/c1-8-2-4-13(20,5-3-8)7-14-11(18)9-6-10(17)16-12(19)15-9/h6,8,20H,2-5,7H2,1H3,(H,14,18)(H2,15,16,17,19). The second kappa shape index (κ2) is 5.62. The van der Waals surface area contributed by atoms with Gasteiger partial charge in [0.2, 0.25) is 0 Å². The van der Waals surface area contributed by atoms with E-state index in [1.807, 2.05) is 4.98 Å². The van der Waals surface area contributed by atoms with E-state index in [0.29, 0.717) is 18.8 Å². The Labute approximate surface area is 115 Å². The molecule has 0 radical (unpaired) electrons. The number of carbonyl (C=O) groups excluding carboxylic acids is 1. The van der Waals surface area contributed by atoms with E-state index in [1.165, 1.54) is 0 Å². The van der Waals surface area contributed by atoms with E-state index in [4.69, 9.17) is 0 Å². The summed E-state index contributed by atoms with van der Waals surface area (Å²) >= 11 is 0. The van der Waals surface area contributed by atoms with Gasteiger partial charge in [0.1, 0.15) is 5.69 Å². The number of amides is 1. The summed E-state index contributed by atoms with van der Waals surface area (Å²) < 4.78 is 0. The summed E-state index contributed by atoms with van der Waals surface area (Å²) in [5.74, 6) is 0.0234. The smallest absolute Gasteiger partial charge is 0.326 e. The third kappa shape index (κ3) is 3.57. The molecule has 0 unspecified atom stereocenters. The number of hydrogen-bond acceptors (Lipinski definition) is 4. The Balaban J connectivity index is 1.98.